The van der Waals surface area contributed by atoms with Crippen molar-refractivity contribution in [2.75, 3.05) is 6.54 Å². The molecule has 0 saturated carbocycles. The molecule has 0 saturated heterocycles. The van der Waals surface area contributed by atoms with Gasteiger partial charge in [0.25, 0.3) is 0 Å². The highest BCUT2D eigenvalue weighted by atomic mass is 15.0. The predicted molar refractivity (Wildman–Crippen MR) is 66.1 cm³/mol. The maximum absolute atomic E-state index is 3.54. The van der Waals surface area contributed by atoms with E-state index in [0.29, 0.717) is 12.1 Å². The predicted octanol–water partition coefficient (Wildman–Crippen LogP) is 3.52. The number of unbranched alkanes of at least 4 members (excludes halogenated alkanes) is 1. The molecule has 0 unspecified atom stereocenters. The average Bonchev–Trinajstić information content (AvgIpc) is 2.66. The molecule has 1 atom stereocenters. The molecule has 1 heterocycles. The Kier molecular flexibility index (Phi) is 4.89. The molecule has 0 aliphatic carbocycles. The van der Waals surface area contributed by atoms with E-state index in [2.05, 4.69) is 56.0 Å². The third kappa shape index (κ3) is 3.71. The van der Waals surface area contributed by atoms with Gasteiger partial charge >= 0.3 is 0 Å². The van der Waals surface area contributed by atoms with Gasteiger partial charge in [-0.2, -0.15) is 0 Å². The van der Waals surface area contributed by atoms with Crippen LogP contribution in [0.5, 0.6) is 0 Å². The van der Waals surface area contributed by atoms with Crippen molar-refractivity contribution in [3.05, 3.63) is 24.0 Å². The summed E-state index contributed by atoms with van der Waals surface area (Å²) >= 11 is 0. The molecule has 0 aliphatic rings. The smallest absolute Gasteiger partial charge is 0.0306 e. The largest absolute Gasteiger partial charge is 0.351 e. The Balaban J connectivity index is 2.47. The monoisotopic (exact) mass is 208 g/mol. The lowest BCUT2D eigenvalue weighted by Gasteiger charge is -2.12. The zero-order chi connectivity index (χ0) is 11.3. The number of nitrogens with zero attached hydrogens (tertiary/aromatic N) is 1. The van der Waals surface area contributed by atoms with E-state index in [9.17, 15) is 0 Å². The van der Waals surface area contributed by atoms with Crippen molar-refractivity contribution < 1.29 is 0 Å². The first-order valence-corrected chi connectivity index (χ1v) is 6.06. The Bertz CT molecular complexity index is 276. The fourth-order valence-electron chi connectivity index (χ4n) is 1.62. The average molecular weight is 208 g/mol. The van der Waals surface area contributed by atoms with Crippen LogP contribution in [0, 0.1) is 0 Å². The van der Waals surface area contributed by atoms with Crippen molar-refractivity contribution in [2.24, 2.45) is 0 Å². The van der Waals surface area contributed by atoms with Gasteiger partial charge in [-0.15, -0.1) is 0 Å². The molecule has 0 spiro atoms. The lowest BCUT2D eigenvalue weighted by Crippen LogP contribution is -2.19. The first kappa shape index (κ1) is 12.3. The first-order valence-electron chi connectivity index (χ1n) is 6.06. The van der Waals surface area contributed by atoms with E-state index in [1.165, 1.54) is 18.4 Å². The highest BCUT2D eigenvalue weighted by Crippen LogP contribution is 2.15. The minimum absolute atomic E-state index is 0.469. The molecule has 86 valence electrons. The number of nitrogens with one attached hydrogen (secondary N) is 1. The van der Waals surface area contributed by atoms with Gasteiger partial charge in [0.1, 0.15) is 0 Å². The molecule has 0 aliphatic heterocycles. The number of aromatic nitrogens is 1. The zero-order valence-electron chi connectivity index (χ0n) is 10.5. The van der Waals surface area contributed by atoms with Gasteiger partial charge in [-0.3, -0.25) is 0 Å². The molecule has 0 radical (unpaired) electrons. The van der Waals surface area contributed by atoms with Crippen molar-refractivity contribution in [2.45, 2.75) is 52.6 Å². The fourth-order valence-corrected chi connectivity index (χ4v) is 1.62. The second-order valence-corrected chi connectivity index (χ2v) is 4.52. The number of rotatable bonds is 6. The van der Waals surface area contributed by atoms with Crippen LogP contribution in [-0.2, 0) is 0 Å². The lowest BCUT2D eigenvalue weighted by atomic mass is 10.2. The standard InChI is InChI=1S/C13H24N2/c1-5-6-8-14-12(4)13-7-9-15(10-13)11(2)3/h7,9-12,14H,5-6,8H2,1-4H3/t12-/m0/s1. The fraction of sp³-hybridized carbons (Fsp3) is 0.692. The summed E-state index contributed by atoms with van der Waals surface area (Å²) < 4.78 is 2.26. The van der Waals surface area contributed by atoms with Crippen LogP contribution < -0.4 is 5.32 Å². The van der Waals surface area contributed by atoms with Gasteiger partial charge in [0.05, 0.1) is 0 Å². The summed E-state index contributed by atoms with van der Waals surface area (Å²) in [6, 6.07) is 3.24. The van der Waals surface area contributed by atoms with Crippen LogP contribution in [0.3, 0.4) is 0 Å². The van der Waals surface area contributed by atoms with Crippen molar-refractivity contribution in [1.82, 2.24) is 9.88 Å². The number of hydrogen-bond donors (Lipinski definition) is 1. The van der Waals surface area contributed by atoms with E-state index in [-0.39, 0.29) is 0 Å². The van der Waals surface area contributed by atoms with E-state index in [0.717, 1.165) is 6.54 Å². The van der Waals surface area contributed by atoms with Gasteiger partial charge in [-0.25, -0.2) is 0 Å². The van der Waals surface area contributed by atoms with Crippen LogP contribution in [0.25, 0.3) is 0 Å². The summed E-state index contributed by atoms with van der Waals surface area (Å²) in [5, 5.41) is 3.54. The summed E-state index contributed by atoms with van der Waals surface area (Å²) in [6.45, 7) is 9.99. The van der Waals surface area contributed by atoms with Gasteiger partial charge in [0, 0.05) is 24.5 Å². The second-order valence-electron chi connectivity index (χ2n) is 4.52. The molecule has 0 fully saturated rings. The maximum Gasteiger partial charge on any atom is 0.0306 e. The molecule has 2 heteroatoms. The summed E-state index contributed by atoms with van der Waals surface area (Å²) in [5.74, 6) is 0. The Labute approximate surface area is 93.7 Å². The topological polar surface area (TPSA) is 17.0 Å². The van der Waals surface area contributed by atoms with Crippen LogP contribution in [0.1, 0.15) is 58.2 Å². The molecule has 1 aromatic heterocycles. The number of hydrogen-bond acceptors (Lipinski definition) is 1. The van der Waals surface area contributed by atoms with Crippen LogP contribution in [0.15, 0.2) is 18.5 Å². The SMILES string of the molecule is CCCCN[C@@H](C)c1ccn(C(C)C)c1. The Hall–Kier alpha value is -0.760. The minimum atomic E-state index is 0.469. The molecule has 1 rings (SSSR count). The molecule has 1 aromatic rings. The molecule has 15 heavy (non-hydrogen) atoms. The van der Waals surface area contributed by atoms with Crippen molar-refractivity contribution in [1.29, 1.82) is 0 Å². The van der Waals surface area contributed by atoms with E-state index < -0.39 is 0 Å². The molecular formula is C13H24N2. The molecule has 0 amide bonds. The Morgan fingerprint density at radius 1 is 1.33 bits per heavy atom. The molecule has 2 nitrogen and oxygen atoms in total. The first-order chi connectivity index (χ1) is 7.15. The van der Waals surface area contributed by atoms with Gasteiger partial charge in [0.15, 0.2) is 0 Å². The van der Waals surface area contributed by atoms with Crippen LogP contribution >= 0.6 is 0 Å². The third-order valence-corrected chi connectivity index (χ3v) is 2.81. The Morgan fingerprint density at radius 3 is 2.60 bits per heavy atom. The maximum atomic E-state index is 3.54. The van der Waals surface area contributed by atoms with Crippen molar-refractivity contribution in [3.63, 3.8) is 0 Å². The van der Waals surface area contributed by atoms with Crippen LogP contribution in [0.2, 0.25) is 0 Å². The third-order valence-electron chi connectivity index (χ3n) is 2.81. The van der Waals surface area contributed by atoms with E-state index in [4.69, 9.17) is 0 Å². The minimum Gasteiger partial charge on any atom is -0.351 e. The van der Waals surface area contributed by atoms with Crippen LogP contribution in [0.4, 0.5) is 0 Å². The summed E-state index contributed by atoms with van der Waals surface area (Å²) in [7, 11) is 0. The quantitative estimate of drug-likeness (QED) is 0.708. The lowest BCUT2D eigenvalue weighted by molar-refractivity contribution is 0.549. The van der Waals surface area contributed by atoms with Crippen LogP contribution in [-0.4, -0.2) is 11.1 Å². The normalized spacial score (nSPS) is 13.4. The highest BCUT2D eigenvalue weighted by molar-refractivity contribution is 5.15. The second kappa shape index (κ2) is 5.96. The van der Waals surface area contributed by atoms with Gasteiger partial charge in [0.2, 0.25) is 0 Å². The highest BCUT2D eigenvalue weighted by Gasteiger charge is 2.06. The molecular weight excluding hydrogens is 184 g/mol. The molecule has 1 N–H and O–H groups in total. The van der Waals surface area contributed by atoms with Gasteiger partial charge in [-0.1, -0.05) is 13.3 Å². The van der Waals surface area contributed by atoms with E-state index in [1.807, 2.05) is 0 Å². The van der Waals surface area contributed by atoms with E-state index in [1.54, 1.807) is 0 Å². The summed E-state index contributed by atoms with van der Waals surface area (Å²) in [6.07, 6.45) is 6.92. The summed E-state index contributed by atoms with van der Waals surface area (Å²) in [4.78, 5) is 0. The molecule has 0 bridgehead atoms. The Morgan fingerprint density at radius 2 is 2.07 bits per heavy atom. The van der Waals surface area contributed by atoms with Crippen molar-refractivity contribution in [3.8, 4) is 0 Å². The molecule has 0 aromatic carbocycles. The van der Waals surface area contributed by atoms with E-state index >= 15 is 0 Å². The van der Waals surface area contributed by atoms with Gasteiger partial charge in [-0.05, 0) is 45.4 Å². The van der Waals surface area contributed by atoms with Gasteiger partial charge < -0.3 is 9.88 Å². The summed E-state index contributed by atoms with van der Waals surface area (Å²) in [5.41, 5.74) is 1.39. The van der Waals surface area contributed by atoms with Crippen molar-refractivity contribution >= 4 is 0 Å². The zero-order valence-corrected chi connectivity index (χ0v) is 10.5.